The van der Waals surface area contributed by atoms with E-state index in [0.29, 0.717) is 12.2 Å². The van der Waals surface area contributed by atoms with E-state index in [1.165, 1.54) is 7.11 Å². The van der Waals surface area contributed by atoms with Crippen LogP contribution in [0.5, 0.6) is 0 Å². The summed E-state index contributed by atoms with van der Waals surface area (Å²) in [6.07, 6.45) is 0.285. The van der Waals surface area contributed by atoms with Crippen LogP contribution in [0.2, 0.25) is 0 Å². The minimum atomic E-state index is -0.260. The predicted octanol–water partition coefficient (Wildman–Crippen LogP) is 2.80. The zero-order valence-corrected chi connectivity index (χ0v) is 11.7. The number of ether oxygens (including phenoxy) is 2. The molecule has 1 aliphatic heterocycles. The van der Waals surface area contributed by atoms with Crippen molar-refractivity contribution in [3.8, 4) is 10.4 Å². The second kappa shape index (κ2) is 5.09. The Hall–Kier alpha value is -2.14. The van der Waals surface area contributed by atoms with Crippen LogP contribution >= 0.6 is 11.3 Å². The molecule has 1 aromatic heterocycles. The Balaban J connectivity index is 1.87. The number of benzene rings is 1. The van der Waals surface area contributed by atoms with Crippen LogP contribution in [0.1, 0.15) is 20.8 Å². The first-order valence-corrected chi connectivity index (χ1v) is 6.95. The van der Waals surface area contributed by atoms with Gasteiger partial charge < -0.3 is 9.47 Å². The number of thiophene rings is 1. The molecule has 1 aromatic carbocycles. The van der Waals surface area contributed by atoms with Gasteiger partial charge in [-0.1, -0.05) is 6.07 Å². The molecule has 1 aliphatic rings. The number of fused-ring (bicyclic) bond motifs is 1. The Morgan fingerprint density at radius 1 is 1.35 bits per heavy atom. The largest absolute Gasteiger partial charge is 0.469 e. The van der Waals surface area contributed by atoms with Gasteiger partial charge in [-0.2, -0.15) is 0 Å². The van der Waals surface area contributed by atoms with Crippen LogP contribution in [-0.4, -0.2) is 19.0 Å². The van der Waals surface area contributed by atoms with Crippen molar-refractivity contribution < 1.29 is 19.1 Å². The fourth-order valence-electron chi connectivity index (χ4n) is 2.13. The zero-order chi connectivity index (χ0) is 14.1. The average molecular weight is 288 g/mol. The van der Waals surface area contributed by atoms with E-state index in [1.54, 1.807) is 17.4 Å². The molecule has 0 unspecified atom stereocenters. The molecule has 0 radical (unpaired) electrons. The Morgan fingerprint density at radius 2 is 2.20 bits per heavy atom. The quantitative estimate of drug-likeness (QED) is 0.815. The van der Waals surface area contributed by atoms with Gasteiger partial charge in [0.25, 0.3) is 0 Å². The molecule has 2 aromatic rings. The van der Waals surface area contributed by atoms with E-state index in [1.807, 2.05) is 24.3 Å². The summed E-state index contributed by atoms with van der Waals surface area (Å²) >= 11 is 1.55. The fraction of sp³-hybridized carbons (Fsp3) is 0.200. The molecule has 5 heteroatoms. The lowest BCUT2D eigenvalue weighted by atomic mass is 10.1. The highest BCUT2D eigenvalue weighted by Gasteiger charge is 2.21. The van der Waals surface area contributed by atoms with Gasteiger partial charge in [0, 0.05) is 15.3 Å². The Bertz CT molecular complexity index is 687. The molecule has 4 nitrogen and oxygen atoms in total. The van der Waals surface area contributed by atoms with Crippen molar-refractivity contribution in [2.75, 3.05) is 7.11 Å². The molecule has 0 aliphatic carbocycles. The number of esters is 2. The third-order valence-electron chi connectivity index (χ3n) is 3.18. The molecule has 102 valence electrons. The number of cyclic esters (lactones) is 1. The summed E-state index contributed by atoms with van der Waals surface area (Å²) in [4.78, 5) is 24.7. The van der Waals surface area contributed by atoms with E-state index in [0.717, 1.165) is 20.9 Å². The van der Waals surface area contributed by atoms with Crippen molar-refractivity contribution in [3.63, 3.8) is 0 Å². The highest BCUT2D eigenvalue weighted by atomic mass is 32.1. The molecule has 0 bridgehead atoms. The van der Waals surface area contributed by atoms with Crippen LogP contribution in [0.25, 0.3) is 10.4 Å². The van der Waals surface area contributed by atoms with Crippen molar-refractivity contribution in [2.45, 2.75) is 13.0 Å². The number of rotatable bonds is 3. The van der Waals surface area contributed by atoms with Gasteiger partial charge >= 0.3 is 11.9 Å². The number of methoxy groups -OCH3 is 1. The maximum absolute atomic E-state index is 11.4. The van der Waals surface area contributed by atoms with Crippen molar-refractivity contribution in [3.05, 3.63) is 46.3 Å². The van der Waals surface area contributed by atoms with Gasteiger partial charge in [0.2, 0.25) is 0 Å². The van der Waals surface area contributed by atoms with Gasteiger partial charge in [0.1, 0.15) is 6.61 Å². The maximum atomic E-state index is 11.4. The van der Waals surface area contributed by atoms with E-state index >= 15 is 0 Å². The second-order valence-electron chi connectivity index (χ2n) is 4.47. The van der Waals surface area contributed by atoms with Crippen LogP contribution in [-0.2, 0) is 27.3 Å². The Morgan fingerprint density at radius 3 is 3.00 bits per heavy atom. The summed E-state index contributed by atoms with van der Waals surface area (Å²) in [5.74, 6) is -0.504. The molecule has 0 amide bonds. The minimum absolute atomic E-state index is 0.244. The summed E-state index contributed by atoms with van der Waals surface area (Å²) in [5.41, 5.74) is 2.58. The molecule has 0 fully saturated rings. The van der Waals surface area contributed by atoms with Crippen molar-refractivity contribution in [1.82, 2.24) is 0 Å². The van der Waals surface area contributed by atoms with E-state index < -0.39 is 0 Å². The average Bonchev–Trinajstić information content (AvgIpc) is 3.06. The summed E-state index contributed by atoms with van der Waals surface area (Å²) < 4.78 is 9.64. The van der Waals surface area contributed by atoms with Gasteiger partial charge in [-0.3, -0.25) is 4.79 Å². The Kier molecular flexibility index (Phi) is 3.28. The molecule has 20 heavy (non-hydrogen) atoms. The summed E-state index contributed by atoms with van der Waals surface area (Å²) in [7, 11) is 1.38. The smallest absolute Gasteiger partial charge is 0.338 e. The van der Waals surface area contributed by atoms with Crippen LogP contribution in [0.3, 0.4) is 0 Å². The highest BCUT2D eigenvalue weighted by Crippen LogP contribution is 2.31. The number of hydrogen-bond donors (Lipinski definition) is 0. The first-order chi connectivity index (χ1) is 9.67. The normalized spacial score (nSPS) is 12.9. The van der Waals surface area contributed by atoms with Crippen LogP contribution in [0.15, 0.2) is 30.3 Å². The standard InChI is InChI=1S/C15H12O4S/c1-18-14(16)7-11-3-5-13(20-11)9-2-4-12-10(6-9)8-19-15(12)17/h2-6H,7-8H2,1H3. The monoisotopic (exact) mass is 288 g/mol. The molecule has 0 saturated heterocycles. The lowest BCUT2D eigenvalue weighted by molar-refractivity contribution is -0.139. The molecule has 2 heterocycles. The lowest BCUT2D eigenvalue weighted by Gasteiger charge is -2.00. The summed E-state index contributed by atoms with van der Waals surface area (Å²) in [5, 5.41) is 0. The van der Waals surface area contributed by atoms with Crippen LogP contribution < -0.4 is 0 Å². The van der Waals surface area contributed by atoms with Crippen molar-refractivity contribution in [2.24, 2.45) is 0 Å². The molecule has 0 N–H and O–H groups in total. The van der Waals surface area contributed by atoms with Gasteiger partial charge in [-0.05, 0) is 29.8 Å². The lowest BCUT2D eigenvalue weighted by Crippen LogP contribution is -2.02. The van der Waals surface area contributed by atoms with Gasteiger partial charge in [0.15, 0.2) is 0 Å². The summed E-state index contributed by atoms with van der Waals surface area (Å²) in [6.45, 7) is 0.336. The number of carbonyl (C=O) groups is 2. The van der Waals surface area contributed by atoms with E-state index in [9.17, 15) is 9.59 Å². The third kappa shape index (κ3) is 2.32. The van der Waals surface area contributed by atoms with Gasteiger partial charge in [-0.15, -0.1) is 11.3 Å². The fourth-order valence-corrected chi connectivity index (χ4v) is 3.12. The molecular weight excluding hydrogens is 276 g/mol. The predicted molar refractivity (Wildman–Crippen MR) is 74.6 cm³/mol. The molecular formula is C15H12O4S. The van der Waals surface area contributed by atoms with Gasteiger partial charge in [-0.25, -0.2) is 4.79 Å². The number of carbonyl (C=O) groups excluding carboxylic acids is 2. The molecule has 3 rings (SSSR count). The second-order valence-corrected chi connectivity index (χ2v) is 5.64. The highest BCUT2D eigenvalue weighted by molar-refractivity contribution is 7.15. The first-order valence-electron chi connectivity index (χ1n) is 6.13. The van der Waals surface area contributed by atoms with Crippen LogP contribution in [0, 0.1) is 0 Å². The van der Waals surface area contributed by atoms with Crippen LogP contribution in [0.4, 0.5) is 0 Å². The minimum Gasteiger partial charge on any atom is -0.469 e. The number of hydrogen-bond acceptors (Lipinski definition) is 5. The zero-order valence-electron chi connectivity index (χ0n) is 10.8. The van der Waals surface area contributed by atoms with Gasteiger partial charge in [0.05, 0.1) is 19.1 Å². The van der Waals surface area contributed by atoms with Crippen molar-refractivity contribution in [1.29, 1.82) is 0 Å². The topological polar surface area (TPSA) is 52.6 Å². The van der Waals surface area contributed by atoms with E-state index in [-0.39, 0.29) is 18.4 Å². The first kappa shape index (κ1) is 12.9. The maximum Gasteiger partial charge on any atom is 0.338 e. The SMILES string of the molecule is COC(=O)Cc1ccc(-c2ccc3c(c2)COC3=O)s1. The van der Waals surface area contributed by atoms with Crippen molar-refractivity contribution >= 4 is 23.3 Å². The third-order valence-corrected chi connectivity index (χ3v) is 4.31. The molecule has 0 atom stereocenters. The Labute approximate surface area is 119 Å². The summed E-state index contributed by atoms with van der Waals surface area (Å²) in [6, 6.07) is 9.56. The molecule has 0 saturated carbocycles. The molecule has 0 spiro atoms. The van der Waals surface area contributed by atoms with E-state index in [2.05, 4.69) is 4.74 Å². The van der Waals surface area contributed by atoms with E-state index in [4.69, 9.17) is 4.74 Å².